The second kappa shape index (κ2) is 7.88. The van der Waals surface area contributed by atoms with Crippen LogP contribution in [0.4, 0.5) is 0 Å². The number of rotatable bonds is 7. The zero-order valence-electron chi connectivity index (χ0n) is 11.4. The highest BCUT2D eigenvalue weighted by atomic mass is 79.9. The Kier molecular flexibility index (Phi) is 6.14. The number of hydrogen-bond acceptors (Lipinski definition) is 3. The normalized spacial score (nSPS) is 22.6. The van der Waals surface area contributed by atoms with Crippen molar-refractivity contribution in [3.63, 3.8) is 0 Å². The zero-order chi connectivity index (χ0) is 13.5. The molecule has 0 bridgehead atoms. The van der Waals surface area contributed by atoms with Crippen LogP contribution in [0.2, 0.25) is 0 Å². The number of nitrogens with one attached hydrogen (secondary N) is 1. The molecule has 1 aromatic carbocycles. The van der Waals surface area contributed by atoms with Gasteiger partial charge in [0.15, 0.2) is 0 Å². The van der Waals surface area contributed by atoms with E-state index in [9.17, 15) is 0 Å². The van der Waals surface area contributed by atoms with Crippen molar-refractivity contribution in [1.29, 1.82) is 0 Å². The van der Waals surface area contributed by atoms with Gasteiger partial charge in [-0.1, -0.05) is 22.9 Å². The predicted octanol–water partition coefficient (Wildman–Crippen LogP) is 3.23. The minimum Gasteiger partial charge on any atom is -0.492 e. The van der Waals surface area contributed by atoms with Crippen LogP contribution >= 0.6 is 15.9 Å². The van der Waals surface area contributed by atoms with Crippen LogP contribution in [0.15, 0.2) is 28.7 Å². The largest absolute Gasteiger partial charge is 0.492 e. The summed E-state index contributed by atoms with van der Waals surface area (Å²) < 4.78 is 12.4. The molecule has 0 aromatic heterocycles. The lowest BCUT2D eigenvalue weighted by molar-refractivity contribution is 0.0871. The highest BCUT2D eigenvalue weighted by Gasteiger charge is 2.25. The smallest absolute Gasteiger partial charge is 0.119 e. The third kappa shape index (κ3) is 4.79. The number of halogens is 1. The van der Waals surface area contributed by atoms with Gasteiger partial charge in [-0.05, 0) is 43.0 Å². The first-order valence-corrected chi connectivity index (χ1v) is 7.79. The summed E-state index contributed by atoms with van der Waals surface area (Å²) >= 11 is 3.41. The molecule has 1 saturated heterocycles. The molecule has 2 unspecified atom stereocenters. The van der Waals surface area contributed by atoms with E-state index in [1.165, 1.54) is 6.42 Å². The second-order valence-corrected chi connectivity index (χ2v) is 5.79. The molecule has 3 nitrogen and oxygen atoms in total. The van der Waals surface area contributed by atoms with E-state index >= 15 is 0 Å². The van der Waals surface area contributed by atoms with Crippen molar-refractivity contribution in [3.05, 3.63) is 28.7 Å². The molecular weight excluding hydrogens is 306 g/mol. The van der Waals surface area contributed by atoms with E-state index in [4.69, 9.17) is 9.47 Å². The summed E-state index contributed by atoms with van der Waals surface area (Å²) in [6.45, 7) is 5.72. The summed E-state index contributed by atoms with van der Waals surface area (Å²) in [4.78, 5) is 0. The molecule has 0 spiro atoms. The number of ether oxygens (including phenoxy) is 2. The number of hydrogen-bond donors (Lipinski definition) is 1. The maximum Gasteiger partial charge on any atom is 0.119 e. The monoisotopic (exact) mass is 327 g/mol. The molecule has 1 aromatic rings. The van der Waals surface area contributed by atoms with E-state index in [-0.39, 0.29) is 0 Å². The molecule has 1 aliphatic heterocycles. The molecule has 106 valence electrons. The van der Waals surface area contributed by atoms with Crippen molar-refractivity contribution in [2.45, 2.75) is 25.9 Å². The minimum atomic E-state index is 0.444. The van der Waals surface area contributed by atoms with Gasteiger partial charge >= 0.3 is 0 Å². The molecule has 2 atom stereocenters. The Balaban J connectivity index is 1.58. The standard InChI is InChI=1S/C15H22BrNO2/c1-2-15-12(7-9-19-15)11-17-8-10-18-14-5-3-13(16)4-6-14/h3-6,12,15,17H,2,7-11H2,1H3. The van der Waals surface area contributed by atoms with Gasteiger partial charge in [0.1, 0.15) is 12.4 Å². The fourth-order valence-electron chi connectivity index (χ4n) is 2.44. The summed E-state index contributed by atoms with van der Waals surface area (Å²) in [5, 5.41) is 3.46. The highest BCUT2D eigenvalue weighted by molar-refractivity contribution is 9.10. The molecule has 0 radical (unpaired) electrons. The maximum atomic E-state index is 5.68. The molecular formula is C15H22BrNO2. The topological polar surface area (TPSA) is 30.5 Å². The van der Waals surface area contributed by atoms with Crippen molar-refractivity contribution in [2.75, 3.05) is 26.3 Å². The van der Waals surface area contributed by atoms with E-state index in [0.29, 0.717) is 18.6 Å². The van der Waals surface area contributed by atoms with Crippen molar-refractivity contribution in [3.8, 4) is 5.75 Å². The van der Waals surface area contributed by atoms with Crippen LogP contribution in [0.3, 0.4) is 0 Å². The summed E-state index contributed by atoms with van der Waals surface area (Å²) in [5.41, 5.74) is 0. The fourth-order valence-corrected chi connectivity index (χ4v) is 2.70. The summed E-state index contributed by atoms with van der Waals surface area (Å²) in [5.74, 6) is 1.58. The Labute approximate surface area is 123 Å². The zero-order valence-corrected chi connectivity index (χ0v) is 13.0. The lowest BCUT2D eigenvalue weighted by atomic mass is 10.00. The van der Waals surface area contributed by atoms with Crippen LogP contribution in [0.1, 0.15) is 19.8 Å². The molecule has 1 aliphatic rings. The molecule has 1 N–H and O–H groups in total. The van der Waals surface area contributed by atoms with Crippen LogP contribution in [-0.2, 0) is 4.74 Å². The van der Waals surface area contributed by atoms with Crippen molar-refractivity contribution in [2.24, 2.45) is 5.92 Å². The Bertz CT molecular complexity index is 369. The van der Waals surface area contributed by atoms with Gasteiger partial charge in [0, 0.05) is 24.2 Å². The Morgan fingerprint density at radius 1 is 1.37 bits per heavy atom. The predicted molar refractivity (Wildman–Crippen MR) is 80.6 cm³/mol. The molecule has 19 heavy (non-hydrogen) atoms. The molecule has 2 rings (SSSR count). The molecule has 0 amide bonds. The van der Waals surface area contributed by atoms with Crippen LogP contribution in [0, 0.1) is 5.92 Å². The van der Waals surface area contributed by atoms with Gasteiger partial charge in [0.2, 0.25) is 0 Å². The Morgan fingerprint density at radius 2 is 2.16 bits per heavy atom. The summed E-state index contributed by atoms with van der Waals surface area (Å²) in [7, 11) is 0. The van der Waals surface area contributed by atoms with Gasteiger partial charge in [-0.3, -0.25) is 0 Å². The van der Waals surface area contributed by atoms with Crippen LogP contribution in [0.25, 0.3) is 0 Å². The number of benzene rings is 1. The van der Waals surface area contributed by atoms with E-state index in [1.807, 2.05) is 24.3 Å². The summed E-state index contributed by atoms with van der Waals surface area (Å²) in [6, 6.07) is 7.93. The molecule has 0 aliphatic carbocycles. The first-order chi connectivity index (χ1) is 9.29. The first kappa shape index (κ1) is 14.8. The third-order valence-corrected chi connectivity index (χ3v) is 4.05. The molecule has 0 saturated carbocycles. The molecule has 4 heteroatoms. The van der Waals surface area contributed by atoms with Crippen LogP contribution in [-0.4, -0.2) is 32.4 Å². The fraction of sp³-hybridized carbons (Fsp3) is 0.600. The van der Waals surface area contributed by atoms with Crippen molar-refractivity contribution in [1.82, 2.24) is 5.32 Å². The summed E-state index contributed by atoms with van der Waals surface area (Å²) in [6.07, 6.45) is 2.74. The first-order valence-electron chi connectivity index (χ1n) is 7.00. The Morgan fingerprint density at radius 3 is 2.89 bits per heavy atom. The lowest BCUT2D eigenvalue weighted by Gasteiger charge is -2.17. The van der Waals surface area contributed by atoms with Crippen molar-refractivity contribution >= 4 is 15.9 Å². The molecule has 1 heterocycles. The Hall–Kier alpha value is -0.580. The maximum absolute atomic E-state index is 5.68. The second-order valence-electron chi connectivity index (χ2n) is 4.87. The van der Waals surface area contributed by atoms with Crippen LogP contribution in [0.5, 0.6) is 5.75 Å². The third-order valence-electron chi connectivity index (χ3n) is 3.52. The van der Waals surface area contributed by atoms with E-state index in [2.05, 4.69) is 28.2 Å². The van der Waals surface area contributed by atoms with E-state index in [0.717, 1.165) is 36.3 Å². The quantitative estimate of drug-likeness (QED) is 0.780. The molecule has 1 fully saturated rings. The van der Waals surface area contributed by atoms with Gasteiger partial charge in [-0.25, -0.2) is 0 Å². The average Bonchev–Trinajstić information content (AvgIpc) is 2.88. The van der Waals surface area contributed by atoms with E-state index in [1.54, 1.807) is 0 Å². The van der Waals surface area contributed by atoms with Gasteiger partial charge in [-0.15, -0.1) is 0 Å². The minimum absolute atomic E-state index is 0.444. The van der Waals surface area contributed by atoms with Gasteiger partial charge in [0.25, 0.3) is 0 Å². The van der Waals surface area contributed by atoms with Crippen molar-refractivity contribution < 1.29 is 9.47 Å². The highest BCUT2D eigenvalue weighted by Crippen LogP contribution is 2.22. The van der Waals surface area contributed by atoms with Gasteiger partial charge < -0.3 is 14.8 Å². The average molecular weight is 328 g/mol. The van der Waals surface area contributed by atoms with E-state index < -0.39 is 0 Å². The van der Waals surface area contributed by atoms with Crippen LogP contribution < -0.4 is 10.1 Å². The van der Waals surface area contributed by atoms with Gasteiger partial charge in [-0.2, -0.15) is 0 Å². The lowest BCUT2D eigenvalue weighted by Crippen LogP contribution is -2.30. The van der Waals surface area contributed by atoms with Gasteiger partial charge in [0.05, 0.1) is 6.10 Å². The SMILES string of the molecule is CCC1OCCC1CNCCOc1ccc(Br)cc1.